The summed E-state index contributed by atoms with van der Waals surface area (Å²) < 4.78 is 0. The summed E-state index contributed by atoms with van der Waals surface area (Å²) in [7, 11) is 0. The van der Waals surface area contributed by atoms with Crippen molar-refractivity contribution in [3.8, 4) is 0 Å². The molecule has 4 aromatic rings. The summed E-state index contributed by atoms with van der Waals surface area (Å²) >= 11 is 0. The van der Waals surface area contributed by atoms with Crippen molar-refractivity contribution in [2.24, 2.45) is 17.8 Å². The molecule has 0 saturated heterocycles. The standard InChI is InChI=1S/C42H43BN2/c1-40-18-10-11-19-41(40,2)45-35-17-9-7-15-33(35)43-32-14-6-8-16-34(32)44(30-12-4-3-5-13-30)36-23-31(37(40)39(45)38(36)43)42-24-27-20-28(25-42)22-29(21-27)26-42/h3-9,12-17,23,27-29H,10-11,18-22,24-26H2,1-2H3. The maximum atomic E-state index is 2.94. The first-order valence-electron chi connectivity index (χ1n) is 18.0. The van der Waals surface area contributed by atoms with Crippen molar-refractivity contribution in [3.05, 3.63) is 96.1 Å². The predicted octanol–water partition coefficient (Wildman–Crippen LogP) is 8.51. The van der Waals surface area contributed by atoms with Crippen molar-refractivity contribution in [1.82, 2.24) is 0 Å². The highest BCUT2D eigenvalue weighted by molar-refractivity contribution is 7.00. The van der Waals surface area contributed by atoms with Gasteiger partial charge in [-0.2, -0.15) is 0 Å². The molecule has 3 aliphatic heterocycles. The smallest absolute Gasteiger partial charge is 0.252 e. The Balaban J connectivity index is 1.30. The Labute approximate surface area is 268 Å². The fourth-order valence-corrected chi connectivity index (χ4v) is 13.0. The van der Waals surface area contributed by atoms with E-state index < -0.39 is 0 Å². The third-order valence-corrected chi connectivity index (χ3v) is 14.5. The SMILES string of the molecule is CC12CCCCC1(C)N1c3ccccc3B3c4ccccc4N(c4ccccc4)c4cc(C56CC7CC(CC(C7)C5)C6)c2c1c43. The van der Waals surface area contributed by atoms with Crippen LogP contribution in [0.25, 0.3) is 0 Å². The molecule has 8 aliphatic rings. The zero-order valence-corrected chi connectivity index (χ0v) is 26.9. The van der Waals surface area contributed by atoms with Gasteiger partial charge in [0.15, 0.2) is 0 Å². The second kappa shape index (κ2) is 8.47. The molecule has 3 heterocycles. The number of hydrogen-bond donors (Lipinski definition) is 0. The van der Waals surface area contributed by atoms with E-state index in [-0.39, 0.29) is 17.7 Å². The van der Waals surface area contributed by atoms with Gasteiger partial charge in [-0.05, 0) is 139 Å². The highest BCUT2D eigenvalue weighted by atomic mass is 15.3. The summed E-state index contributed by atoms with van der Waals surface area (Å²) in [6.45, 7) is 5.62. The number of rotatable bonds is 2. The Bertz CT molecular complexity index is 1880. The van der Waals surface area contributed by atoms with Crippen molar-refractivity contribution < 1.29 is 0 Å². The quantitative estimate of drug-likeness (QED) is 0.191. The van der Waals surface area contributed by atoms with Gasteiger partial charge in [-0.1, -0.05) is 74.4 Å². The van der Waals surface area contributed by atoms with Crippen LogP contribution in [0.15, 0.2) is 84.9 Å². The summed E-state index contributed by atoms with van der Waals surface area (Å²) in [5.41, 5.74) is 15.8. The summed E-state index contributed by atoms with van der Waals surface area (Å²) in [5, 5.41) is 0. The molecule has 2 atom stereocenters. The van der Waals surface area contributed by atoms with Crippen LogP contribution in [0.3, 0.4) is 0 Å². The van der Waals surface area contributed by atoms with E-state index in [4.69, 9.17) is 0 Å². The van der Waals surface area contributed by atoms with E-state index in [1.807, 2.05) is 0 Å². The van der Waals surface area contributed by atoms with Crippen molar-refractivity contribution in [3.63, 3.8) is 0 Å². The van der Waals surface area contributed by atoms with Crippen LogP contribution in [0, 0.1) is 17.8 Å². The van der Waals surface area contributed by atoms with Gasteiger partial charge in [0.25, 0.3) is 6.71 Å². The van der Waals surface area contributed by atoms with Gasteiger partial charge in [0.1, 0.15) is 0 Å². The number of nitrogens with zero attached hydrogens (tertiary/aromatic N) is 2. The first-order valence-corrected chi connectivity index (χ1v) is 18.0. The Morgan fingerprint density at radius 2 is 1.27 bits per heavy atom. The zero-order chi connectivity index (χ0) is 29.7. The monoisotopic (exact) mass is 586 g/mol. The van der Waals surface area contributed by atoms with Gasteiger partial charge in [0.2, 0.25) is 0 Å². The molecule has 224 valence electrons. The molecule has 12 rings (SSSR count). The van der Waals surface area contributed by atoms with Gasteiger partial charge in [0.05, 0.1) is 5.54 Å². The van der Waals surface area contributed by atoms with Crippen molar-refractivity contribution >= 4 is 51.5 Å². The molecule has 0 aromatic heterocycles. The maximum absolute atomic E-state index is 2.94. The predicted molar refractivity (Wildman–Crippen MR) is 188 cm³/mol. The first-order chi connectivity index (χ1) is 22.0. The largest absolute Gasteiger partial charge is 0.335 e. The molecule has 0 N–H and O–H groups in total. The topological polar surface area (TPSA) is 6.48 Å². The summed E-state index contributed by atoms with van der Waals surface area (Å²) in [6.07, 6.45) is 14.0. The Kier molecular flexibility index (Phi) is 4.84. The molecular formula is C42H43BN2. The molecule has 5 saturated carbocycles. The molecule has 0 spiro atoms. The highest BCUT2D eigenvalue weighted by Gasteiger charge is 2.64. The van der Waals surface area contributed by atoms with Crippen LogP contribution >= 0.6 is 0 Å². The molecular weight excluding hydrogens is 543 g/mol. The Morgan fingerprint density at radius 1 is 0.667 bits per heavy atom. The molecule has 5 aliphatic carbocycles. The Hall–Kier alpha value is -3.46. The van der Waals surface area contributed by atoms with Crippen LogP contribution in [0.5, 0.6) is 0 Å². The molecule has 3 heteroatoms. The third kappa shape index (κ3) is 3.01. The molecule has 0 radical (unpaired) electrons. The second-order valence-corrected chi connectivity index (χ2v) is 16.6. The third-order valence-electron chi connectivity index (χ3n) is 14.5. The van der Waals surface area contributed by atoms with E-state index in [2.05, 4.69) is 109 Å². The van der Waals surface area contributed by atoms with Gasteiger partial charge >= 0.3 is 0 Å². The van der Waals surface area contributed by atoms with E-state index in [0.717, 1.165) is 17.8 Å². The van der Waals surface area contributed by atoms with Gasteiger partial charge in [-0.25, -0.2) is 0 Å². The molecule has 4 bridgehead atoms. The summed E-state index contributed by atoms with van der Waals surface area (Å²) in [6, 6.07) is 33.0. The number of anilines is 5. The lowest BCUT2D eigenvalue weighted by Gasteiger charge is -2.58. The lowest BCUT2D eigenvalue weighted by atomic mass is 9.33. The molecule has 4 aromatic carbocycles. The zero-order valence-electron chi connectivity index (χ0n) is 26.9. The van der Waals surface area contributed by atoms with Crippen LogP contribution < -0.4 is 26.2 Å². The first kappa shape index (κ1) is 25.7. The number of para-hydroxylation sites is 3. The summed E-state index contributed by atoms with van der Waals surface area (Å²) in [5.74, 6) is 2.79. The minimum absolute atomic E-state index is 0.0787. The lowest BCUT2D eigenvalue weighted by Crippen LogP contribution is -2.64. The number of benzene rings is 4. The Morgan fingerprint density at radius 3 is 1.98 bits per heavy atom. The number of hydrogen-bond acceptors (Lipinski definition) is 2. The van der Waals surface area contributed by atoms with E-state index in [1.165, 1.54) is 97.9 Å². The fraction of sp³-hybridized carbons (Fsp3) is 0.429. The second-order valence-electron chi connectivity index (χ2n) is 16.6. The van der Waals surface area contributed by atoms with E-state index in [0.29, 0.717) is 5.41 Å². The van der Waals surface area contributed by atoms with Crippen molar-refractivity contribution in [2.45, 2.75) is 94.4 Å². The van der Waals surface area contributed by atoms with Gasteiger partial charge < -0.3 is 9.80 Å². The van der Waals surface area contributed by atoms with E-state index in [9.17, 15) is 0 Å². The van der Waals surface area contributed by atoms with Crippen LogP contribution in [0.1, 0.15) is 89.2 Å². The van der Waals surface area contributed by atoms with Crippen LogP contribution in [0.4, 0.5) is 28.4 Å². The normalized spacial score (nSPS) is 34.4. The van der Waals surface area contributed by atoms with Crippen molar-refractivity contribution in [1.29, 1.82) is 0 Å². The van der Waals surface area contributed by atoms with E-state index >= 15 is 0 Å². The average molecular weight is 587 g/mol. The van der Waals surface area contributed by atoms with Crippen LogP contribution in [-0.4, -0.2) is 12.3 Å². The van der Waals surface area contributed by atoms with Gasteiger partial charge in [0, 0.05) is 33.9 Å². The lowest BCUT2D eigenvalue weighted by molar-refractivity contribution is -0.00626. The average Bonchev–Trinajstić information content (AvgIpc) is 3.27. The van der Waals surface area contributed by atoms with Crippen molar-refractivity contribution in [2.75, 3.05) is 9.80 Å². The van der Waals surface area contributed by atoms with Gasteiger partial charge in [-0.3, -0.25) is 0 Å². The molecule has 45 heavy (non-hydrogen) atoms. The van der Waals surface area contributed by atoms with Crippen LogP contribution in [-0.2, 0) is 10.8 Å². The maximum Gasteiger partial charge on any atom is 0.252 e. The molecule has 0 amide bonds. The molecule has 2 unspecified atom stereocenters. The fourth-order valence-electron chi connectivity index (χ4n) is 13.0. The molecule has 2 nitrogen and oxygen atoms in total. The minimum atomic E-state index is 0.0787. The number of fused-ring (bicyclic) bond motifs is 8. The molecule has 5 fully saturated rings. The van der Waals surface area contributed by atoms with Gasteiger partial charge in [-0.15, -0.1) is 0 Å². The summed E-state index contributed by atoms with van der Waals surface area (Å²) in [4.78, 5) is 5.59. The highest BCUT2D eigenvalue weighted by Crippen LogP contribution is 2.68. The minimum Gasteiger partial charge on any atom is -0.335 e. The van der Waals surface area contributed by atoms with E-state index in [1.54, 1.807) is 22.3 Å². The van der Waals surface area contributed by atoms with Crippen LogP contribution in [0.2, 0.25) is 0 Å².